The molecule has 0 radical (unpaired) electrons. The average molecular weight is 364 g/mol. The lowest BCUT2D eigenvalue weighted by Crippen LogP contribution is -2.10. The summed E-state index contributed by atoms with van der Waals surface area (Å²) < 4.78 is 0. The van der Waals surface area contributed by atoms with E-state index in [9.17, 15) is 0 Å². The Bertz CT molecular complexity index is 802. The Labute approximate surface area is 155 Å². The van der Waals surface area contributed by atoms with Gasteiger partial charge in [0.25, 0.3) is 0 Å². The molecular weight excluding hydrogens is 341 g/mol. The molecule has 0 fully saturated rings. The second kappa shape index (κ2) is 8.88. The summed E-state index contributed by atoms with van der Waals surface area (Å²) in [5.41, 5.74) is 11.7. The Hall–Kier alpha value is -1.81. The Morgan fingerprint density at radius 1 is 0.958 bits per heavy atom. The fraction of sp³-hybridized carbons (Fsp3) is 0.211. The second-order valence-electron chi connectivity index (χ2n) is 5.65. The monoisotopic (exact) mass is 363 g/mol. The van der Waals surface area contributed by atoms with E-state index in [1.807, 2.05) is 13.1 Å². The number of aromatic nitrogens is 1. The predicted molar refractivity (Wildman–Crippen MR) is 108 cm³/mol. The normalized spacial score (nSPS) is 10.1. The minimum Gasteiger partial charge on any atom is -0.384 e. The van der Waals surface area contributed by atoms with Crippen LogP contribution >= 0.6 is 24.8 Å². The highest BCUT2D eigenvalue weighted by atomic mass is 35.5. The quantitative estimate of drug-likeness (QED) is 0.722. The number of hydrogen-bond donors (Lipinski definition) is 2. The van der Waals surface area contributed by atoms with Crippen molar-refractivity contribution in [2.24, 2.45) is 0 Å². The molecule has 5 heteroatoms. The van der Waals surface area contributed by atoms with Gasteiger partial charge < -0.3 is 11.1 Å². The molecule has 0 bridgehead atoms. The molecule has 0 unspecified atom stereocenters. The molecule has 24 heavy (non-hydrogen) atoms. The number of hydrogen-bond acceptors (Lipinski definition) is 3. The lowest BCUT2D eigenvalue weighted by atomic mass is 10.00. The zero-order valence-electron chi connectivity index (χ0n) is 13.9. The highest BCUT2D eigenvalue weighted by Gasteiger charge is 2.04. The summed E-state index contributed by atoms with van der Waals surface area (Å²) in [7, 11) is 1.98. The highest BCUT2D eigenvalue weighted by Crippen LogP contribution is 2.26. The lowest BCUT2D eigenvalue weighted by Gasteiger charge is -2.08. The van der Waals surface area contributed by atoms with Crippen molar-refractivity contribution < 1.29 is 0 Å². The van der Waals surface area contributed by atoms with E-state index in [1.54, 1.807) is 0 Å². The van der Waals surface area contributed by atoms with Gasteiger partial charge in [-0.05, 0) is 61.3 Å². The molecule has 0 amide bonds. The summed E-state index contributed by atoms with van der Waals surface area (Å²) in [5, 5.41) is 4.33. The van der Waals surface area contributed by atoms with Crippen LogP contribution in [0.5, 0.6) is 0 Å². The zero-order valence-corrected chi connectivity index (χ0v) is 15.5. The summed E-state index contributed by atoms with van der Waals surface area (Å²) in [6.07, 6.45) is 1.05. The van der Waals surface area contributed by atoms with Crippen molar-refractivity contribution in [3.05, 3.63) is 59.7 Å². The number of nitrogen functional groups attached to an aromatic ring is 1. The maximum Gasteiger partial charge on any atom is 0.124 e. The zero-order chi connectivity index (χ0) is 15.5. The predicted octanol–water partition coefficient (Wildman–Crippen LogP) is 4.40. The third-order valence-electron chi connectivity index (χ3n) is 3.99. The van der Waals surface area contributed by atoms with Crippen LogP contribution in [0.25, 0.3) is 22.0 Å². The van der Waals surface area contributed by atoms with Crippen molar-refractivity contribution in [3.8, 4) is 11.1 Å². The molecule has 128 valence electrons. The van der Waals surface area contributed by atoms with Crippen LogP contribution in [0.15, 0.2) is 48.5 Å². The molecule has 3 N–H and O–H groups in total. The number of fused-ring (bicyclic) bond motifs is 1. The molecular formula is C19H23Cl2N3. The minimum absolute atomic E-state index is 0. The molecule has 0 spiro atoms. The number of nitrogens with zero attached hydrogens (tertiary/aromatic N) is 1. The first-order valence-corrected chi connectivity index (χ1v) is 7.58. The van der Waals surface area contributed by atoms with E-state index in [2.05, 4.69) is 59.7 Å². The smallest absolute Gasteiger partial charge is 0.124 e. The van der Waals surface area contributed by atoms with Gasteiger partial charge in [0.2, 0.25) is 0 Å². The number of pyridine rings is 1. The van der Waals surface area contributed by atoms with Crippen LogP contribution in [-0.4, -0.2) is 18.6 Å². The van der Waals surface area contributed by atoms with Crippen molar-refractivity contribution >= 4 is 41.5 Å². The van der Waals surface area contributed by atoms with Gasteiger partial charge in [0.05, 0.1) is 5.52 Å². The SMILES string of the molecule is CNCCc1ccc(-c2ccc3c(C)cc(N)nc3c2)cc1.Cl.Cl. The molecule has 2 aromatic carbocycles. The maximum absolute atomic E-state index is 5.86. The number of anilines is 1. The third-order valence-corrected chi connectivity index (χ3v) is 3.99. The molecule has 0 atom stereocenters. The molecule has 3 rings (SSSR count). The van der Waals surface area contributed by atoms with Crippen LogP contribution in [0.4, 0.5) is 5.82 Å². The van der Waals surface area contributed by atoms with E-state index >= 15 is 0 Å². The van der Waals surface area contributed by atoms with Crippen LogP contribution in [-0.2, 0) is 6.42 Å². The van der Waals surface area contributed by atoms with Gasteiger partial charge in [-0.1, -0.05) is 36.4 Å². The Morgan fingerprint density at radius 3 is 2.29 bits per heavy atom. The van der Waals surface area contributed by atoms with Crippen molar-refractivity contribution in [1.29, 1.82) is 0 Å². The van der Waals surface area contributed by atoms with Gasteiger partial charge in [-0.15, -0.1) is 24.8 Å². The second-order valence-corrected chi connectivity index (χ2v) is 5.65. The highest BCUT2D eigenvalue weighted by molar-refractivity contribution is 5.88. The van der Waals surface area contributed by atoms with Gasteiger partial charge in [-0.3, -0.25) is 0 Å². The van der Waals surface area contributed by atoms with Gasteiger partial charge in [-0.2, -0.15) is 0 Å². The third kappa shape index (κ3) is 4.38. The molecule has 0 aliphatic carbocycles. The standard InChI is InChI=1S/C19H21N3.2ClH/c1-13-11-19(20)22-18-12-16(7-8-17(13)18)15-5-3-14(4-6-15)9-10-21-2;;/h3-8,11-12,21H,9-10H2,1-2H3,(H2,20,22);2*1H. The van der Waals surface area contributed by atoms with Crippen LogP contribution in [0, 0.1) is 6.92 Å². The molecule has 1 aromatic heterocycles. The van der Waals surface area contributed by atoms with E-state index in [4.69, 9.17) is 5.73 Å². The Balaban J connectivity index is 0.00000144. The Morgan fingerprint density at radius 2 is 1.62 bits per heavy atom. The lowest BCUT2D eigenvalue weighted by molar-refractivity contribution is 0.792. The molecule has 0 aliphatic rings. The number of benzene rings is 2. The first kappa shape index (κ1) is 20.2. The number of rotatable bonds is 4. The van der Waals surface area contributed by atoms with E-state index in [-0.39, 0.29) is 24.8 Å². The van der Waals surface area contributed by atoms with E-state index in [0.29, 0.717) is 5.82 Å². The minimum atomic E-state index is 0. The summed E-state index contributed by atoms with van der Waals surface area (Å²) >= 11 is 0. The van der Waals surface area contributed by atoms with Crippen molar-refractivity contribution in [1.82, 2.24) is 10.3 Å². The summed E-state index contributed by atoms with van der Waals surface area (Å²) in [5.74, 6) is 0.574. The largest absolute Gasteiger partial charge is 0.384 e. The van der Waals surface area contributed by atoms with E-state index in [0.717, 1.165) is 29.4 Å². The van der Waals surface area contributed by atoms with Crippen LogP contribution in [0.2, 0.25) is 0 Å². The van der Waals surface area contributed by atoms with Gasteiger partial charge in [0.15, 0.2) is 0 Å². The van der Waals surface area contributed by atoms with Crippen LogP contribution in [0.1, 0.15) is 11.1 Å². The molecule has 0 aliphatic heterocycles. The number of aryl methyl sites for hydroxylation is 1. The molecule has 3 aromatic rings. The molecule has 1 heterocycles. The van der Waals surface area contributed by atoms with Crippen molar-refractivity contribution in [2.45, 2.75) is 13.3 Å². The Kier molecular flexibility index (Phi) is 7.49. The number of nitrogens with one attached hydrogen (secondary N) is 1. The topological polar surface area (TPSA) is 50.9 Å². The van der Waals surface area contributed by atoms with Gasteiger partial charge in [0.1, 0.15) is 5.82 Å². The van der Waals surface area contributed by atoms with Crippen LogP contribution < -0.4 is 11.1 Å². The van der Waals surface area contributed by atoms with Crippen molar-refractivity contribution in [2.75, 3.05) is 19.3 Å². The van der Waals surface area contributed by atoms with Gasteiger partial charge in [-0.25, -0.2) is 4.98 Å². The fourth-order valence-corrected chi connectivity index (χ4v) is 2.74. The summed E-state index contributed by atoms with van der Waals surface area (Å²) in [4.78, 5) is 4.45. The average Bonchev–Trinajstić information content (AvgIpc) is 2.52. The van der Waals surface area contributed by atoms with Crippen molar-refractivity contribution in [3.63, 3.8) is 0 Å². The van der Waals surface area contributed by atoms with Gasteiger partial charge in [0, 0.05) is 5.39 Å². The summed E-state index contributed by atoms with van der Waals surface area (Å²) in [6, 6.07) is 17.0. The molecule has 3 nitrogen and oxygen atoms in total. The first-order valence-electron chi connectivity index (χ1n) is 7.58. The molecule has 0 saturated heterocycles. The maximum atomic E-state index is 5.86. The first-order chi connectivity index (χ1) is 10.7. The number of nitrogens with two attached hydrogens (primary N) is 1. The van der Waals surface area contributed by atoms with E-state index in [1.165, 1.54) is 16.7 Å². The molecule has 0 saturated carbocycles. The van der Waals surface area contributed by atoms with E-state index < -0.39 is 0 Å². The van der Waals surface area contributed by atoms with Gasteiger partial charge >= 0.3 is 0 Å². The number of halogens is 2. The number of likely N-dealkylation sites (N-methyl/N-ethyl adjacent to an activating group) is 1. The summed E-state index contributed by atoms with van der Waals surface area (Å²) in [6.45, 7) is 3.06. The van der Waals surface area contributed by atoms with Crippen LogP contribution in [0.3, 0.4) is 0 Å². The fourth-order valence-electron chi connectivity index (χ4n) is 2.74.